The second-order valence-electron chi connectivity index (χ2n) is 8.07. The quantitative estimate of drug-likeness (QED) is 0.393. The molecule has 0 bridgehead atoms. The van der Waals surface area contributed by atoms with E-state index in [0.29, 0.717) is 23.5 Å². The maximum atomic E-state index is 12.7. The van der Waals surface area contributed by atoms with Crippen molar-refractivity contribution in [1.29, 1.82) is 0 Å². The van der Waals surface area contributed by atoms with Gasteiger partial charge in [-0.3, -0.25) is 9.59 Å². The number of hydrogen-bond acceptors (Lipinski definition) is 5. The summed E-state index contributed by atoms with van der Waals surface area (Å²) < 4.78 is 47.3. The minimum Gasteiger partial charge on any atom is -0.494 e. The first kappa shape index (κ1) is 26.1. The van der Waals surface area contributed by atoms with Crippen LogP contribution < -0.4 is 20.1 Å². The van der Waals surface area contributed by atoms with Gasteiger partial charge in [0.25, 0.3) is 11.8 Å². The van der Waals surface area contributed by atoms with Crippen LogP contribution in [-0.4, -0.2) is 49.5 Å². The van der Waals surface area contributed by atoms with Gasteiger partial charge in [0.2, 0.25) is 0 Å². The van der Waals surface area contributed by atoms with Crippen LogP contribution in [0.25, 0.3) is 6.08 Å². The van der Waals surface area contributed by atoms with Crippen molar-refractivity contribution in [1.82, 2.24) is 10.6 Å². The molecule has 1 fully saturated rings. The summed E-state index contributed by atoms with van der Waals surface area (Å²) in [6.45, 7) is -1.12. The Kier molecular flexibility index (Phi) is 9.13. The van der Waals surface area contributed by atoms with Crippen molar-refractivity contribution in [3.63, 3.8) is 0 Å². The minimum absolute atomic E-state index is 0.00855. The van der Waals surface area contributed by atoms with E-state index in [0.717, 1.165) is 12.3 Å². The van der Waals surface area contributed by atoms with Crippen LogP contribution in [0.3, 0.4) is 0 Å². The third-order valence-electron chi connectivity index (χ3n) is 5.09. The minimum atomic E-state index is -4.46. The summed E-state index contributed by atoms with van der Waals surface area (Å²) in [7, 11) is 0. The highest BCUT2D eigenvalue weighted by molar-refractivity contribution is 6.05. The molecule has 10 heteroatoms. The maximum Gasteiger partial charge on any atom is 0.422 e. The molecule has 0 aliphatic heterocycles. The number of aliphatic hydroxyl groups is 1. The van der Waals surface area contributed by atoms with Gasteiger partial charge in [0.05, 0.1) is 13.2 Å². The van der Waals surface area contributed by atoms with E-state index >= 15 is 0 Å². The van der Waals surface area contributed by atoms with E-state index < -0.39 is 24.6 Å². The van der Waals surface area contributed by atoms with Crippen molar-refractivity contribution < 1.29 is 37.3 Å². The van der Waals surface area contributed by atoms with Crippen LogP contribution in [-0.2, 0) is 4.79 Å². The topological polar surface area (TPSA) is 96.9 Å². The van der Waals surface area contributed by atoms with E-state index in [9.17, 15) is 22.8 Å². The number of carbonyl (C=O) groups excluding carboxylic acids is 2. The van der Waals surface area contributed by atoms with E-state index in [2.05, 4.69) is 15.4 Å². The first-order chi connectivity index (χ1) is 16.7. The van der Waals surface area contributed by atoms with Gasteiger partial charge >= 0.3 is 6.18 Å². The van der Waals surface area contributed by atoms with Crippen LogP contribution in [0.2, 0.25) is 0 Å². The van der Waals surface area contributed by atoms with Gasteiger partial charge in [-0.25, -0.2) is 0 Å². The molecule has 3 rings (SSSR count). The molecular formula is C25H27F3N2O5. The SMILES string of the molecule is O=C(NCCO)C(=Cc1ccc(OCC(F)(F)F)cc1)NC(=O)c1ccc(OCCC2CC2)cc1. The standard InChI is InChI=1S/C25H27F3N2O5/c26-25(27,28)16-35-21-7-3-18(4-8-21)15-22(24(33)29-12-13-31)30-23(32)19-5-9-20(10-6-19)34-14-11-17-1-2-17/h3-10,15,17,31H,1-2,11-14,16H2,(H,29,33)(H,30,32). The van der Waals surface area contributed by atoms with Crippen molar-refractivity contribution in [2.45, 2.75) is 25.4 Å². The lowest BCUT2D eigenvalue weighted by Gasteiger charge is -2.12. The molecule has 0 aromatic heterocycles. The molecule has 0 unspecified atom stereocenters. The number of benzene rings is 2. The molecule has 0 heterocycles. The predicted octanol–water partition coefficient (Wildman–Crippen LogP) is 3.69. The van der Waals surface area contributed by atoms with Crippen molar-refractivity contribution in [2.75, 3.05) is 26.4 Å². The average molecular weight is 492 g/mol. The number of amides is 2. The van der Waals surface area contributed by atoms with Crippen LogP contribution in [0.4, 0.5) is 13.2 Å². The molecule has 1 saturated carbocycles. The van der Waals surface area contributed by atoms with Crippen LogP contribution >= 0.6 is 0 Å². The van der Waals surface area contributed by atoms with Gasteiger partial charge < -0.3 is 25.2 Å². The van der Waals surface area contributed by atoms with Gasteiger partial charge in [0.1, 0.15) is 17.2 Å². The van der Waals surface area contributed by atoms with E-state index in [1.807, 2.05) is 0 Å². The zero-order chi connectivity index (χ0) is 25.3. The molecular weight excluding hydrogens is 465 g/mol. The highest BCUT2D eigenvalue weighted by Crippen LogP contribution is 2.32. The Morgan fingerprint density at radius 2 is 1.63 bits per heavy atom. The number of nitrogens with one attached hydrogen (secondary N) is 2. The fraction of sp³-hybridized carbons (Fsp3) is 0.360. The van der Waals surface area contributed by atoms with E-state index in [4.69, 9.17) is 9.84 Å². The van der Waals surface area contributed by atoms with E-state index in [1.165, 1.54) is 43.2 Å². The Labute approximate surface area is 200 Å². The van der Waals surface area contributed by atoms with E-state index in [1.54, 1.807) is 24.3 Å². The fourth-order valence-corrected chi connectivity index (χ4v) is 3.06. The van der Waals surface area contributed by atoms with E-state index in [-0.39, 0.29) is 24.6 Å². The summed E-state index contributed by atoms with van der Waals surface area (Å²) >= 11 is 0. The zero-order valence-corrected chi connectivity index (χ0v) is 18.9. The summed E-state index contributed by atoms with van der Waals surface area (Å²) in [6, 6.07) is 12.1. The second kappa shape index (κ2) is 12.3. The first-order valence-corrected chi connectivity index (χ1v) is 11.2. The monoisotopic (exact) mass is 492 g/mol. The van der Waals surface area contributed by atoms with Crippen LogP contribution in [0.5, 0.6) is 11.5 Å². The van der Waals surface area contributed by atoms with Crippen LogP contribution in [0.1, 0.15) is 35.2 Å². The second-order valence-corrected chi connectivity index (χ2v) is 8.07. The fourth-order valence-electron chi connectivity index (χ4n) is 3.06. The molecule has 2 aromatic carbocycles. The van der Waals surface area contributed by atoms with Gasteiger partial charge in [0, 0.05) is 12.1 Å². The molecule has 35 heavy (non-hydrogen) atoms. The number of alkyl halides is 3. The lowest BCUT2D eigenvalue weighted by Crippen LogP contribution is -2.36. The molecule has 1 aliphatic rings. The molecule has 7 nitrogen and oxygen atoms in total. The lowest BCUT2D eigenvalue weighted by atomic mass is 10.1. The molecule has 0 atom stereocenters. The molecule has 0 radical (unpaired) electrons. The number of rotatable bonds is 12. The largest absolute Gasteiger partial charge is 0.494 e. The van der Waals surface area contributed by atoms with Crippen LogP contribution in [0.15, 0.2) is 54.2 Å². The molecule has 2 aromatic rings. The summed E-state index contributed by atoms with van der Waals surface area (Å²) in [5, 5.41) is 14.0. The number of aliphatic hydroxyl groups excluding tert-OH is 1. The highest BCUT2D eigenvalue weighted by Gasteiger charge is 2.28. The van der Waals surface area contributed by atoms with Gasteiger partial charge in [-0.15, -0.1) is 0 Å². The van der Waals surface area contributed by atoms with Gasteiger partial charge in [-0.05, 0) is 60.4 Å². The molecule has 3 N–H and O–H groups in total. The van der Waals surface area contributed by atoms with Crippen molar-refractivity contribution in [3.8, 4) is 11.5 Å². The number of carbonyl (C=O) groups is 2. The predicted molar refractivity (Wildman–Crippen MR) is 123 cm³/mol. The molecule has 2 amide bonds. The molecule has 0 spiro atoms. The Bertz CT molecular complexity index is 1020. The summed E-state index contributed by atoms with van der Waals surface area (Å²) in [6.07, 6.45) is 0.421. The Hall–Kier alpha value is -3.53. The first-order valence-electron chi connectivity index (χ1n) is 11.2. The summed E-state index contributed by atoms with van der Waals surface area (Å²) in [5.74, 6) is 0.237. The van der Waals surface area contributed by atoms with Crippen LogP contribution in [0, 0.1) is 5.92 Å². The maximum absolute atomic E-state index is 12.7. The zero-order valence-electron chi connectivity index (χ0n) is 18.9. The normalized spacial score (nSPS) is 13.8. The smallest absolute Gasteiger partial charge is 0.422 e. The third-order valence-corrected chi connectivity index (χ3v) is 5.09. The Balaban J connectivity index is 1.66. The highest BCUT2D eigenvalue weighted by atomic mass is 19.4. The molecule has 1 aliphatic carbocycles. The van der Waals surface area contributed by atoms with Gasteiger partial charge in [-0.1, -0.05) is 25.0 Å². The molecule has 0 saturated heterocycles. The van der Waals surface area contributed by atoms with Crippen molar-refractivity contribution >= 4 is 17.9 Å². The van der Waals surface area contributed by atoms with Crippen molar-refractivity contribution in [2.24, 2.45) is 5.92 Å². The Morgan fingerprint density at radius 3 is 2.23 bits per heavy atom. The van der Waals surface area contributed by atoms with Crippen molar-refractivity contribution in [3.05, 3.63) is 65.4 Å². The third kappa shape index (κ3) is 9.32. The average Bonchev–Trinajstić information content (AvgIpc) is 3.66. The van der Waals surface area contributed by atoms with Gasteiger partial charge in [-0.2, -0.15) is 13.2 Å². The summed E-state index contributed by atoms with van der Waals surface area (Å²) in [5.41, 5.74) is 0.645. The lowest BCUT2D eigenvalue weighted by molar-refractivity contribution is -0.153. The number of halogens is 3. The number of hydrogen-bond donors (Lipinski definition) is 3. The Morgan fingerprint density at radius 1 is 1.00 bits per heavy atom. The molecule has 188 valence electrons. The summed E-state index contributed by atoms with van der Waals surface area (Å²) in [4.78, 5) is 25.2. The number of ether oxygens (including phenoxy) is 2. The van der Waals surface area contributed by atoms with Gasteiger partial charge in [0.15, 0.2) is 6.61 Å².